The van der Waals surface area contributed by atoms with Gasteiger partial charge in [0, 0.05) is 53.6 Å². The maximum absolute atomic E-state index is 12.6. The van der Waals surface area contributed by atoms with Crippen molar-refractivity contribution in [1.29, 1.82) is 0 Å². The maximum Gasteiger partial charge on any atom is 0.410 e. The van der Waals surface area contributed by atoms with Crippen LogP contribution < -0.4 is 5.32 Å². The van der Waals surface area contributed by atoms with Crippen molar-refractivity contribution in [3.8, 4) is 0 Å². The van der Waals surface area contributed by atoms with E-state index in [4.69, 9.17) is 14.2 Å². The highest BCUT2D eigenvalue weighted by molar-refractivity contribution is 5.80. The van der Waals surface area contributed by atoms with Crippen molar-refractivity contribution >= 4 is 12.1 Å². The van der Waals surface area contributed by atoms with Crippen LogP contribution in [0.4, 0.5) is 4.79 Å². The number of amides is 1. The van der Waals surface area contributed by atoms with Gasteiger partial charge in [0.25, 0.3) is 0 Å². The highest BCUT2D eigenvalue weighted by Crippen LogP contribution is 2.20. The summed E-state index contributed by atoms with van der Waals surface area (Å²) in [7, 11) is 3.54. The minimum absolute atomic E-state index is 0.131. The van der Waals surface area contributed by atoms with Crippen molar-refractivity contribution in [2.45, 2.75) is 77.0 Å². The van der Waals surface area contributed by atoms with Crippen molar-refractivity contribution in [2.75, 3.05) is 53.6 Å². The molecule has 174 valence electrons. The van der Waals surface area contributed by atoms with Gasteiger partial charge in [0.2, 0.25) is 0 Å². The Bertz CT molecular complexity index is 542. The number of guanidine groups is 1. The van der Waals surface area contributed by atoms with Crippen LogP contribution in [0.3, 0.4) is 0 Å². The van der Waals surface area contributed by atoms with Crippen molar-refractivity contribution in [2.24, 2.45) is 4.99 Å². The molecule has 8 heteroatoms. The molecule has 1 amide bonds. The second-order valence-electron chi connectivity index (χ2n) is 9.16. The number of piperidine rings is 2. The van der Waals surface area contributed by atoms with Crippen molar-refractivity contribution in [3.05, 3.63) is 0 Å². The normalized spacial score (nSPS) is 21.6. The van der Waals surface area contributed by atoms with Gasteiger partial charge in [-0.25, -0.2) is 4.79 Å². The second kappa shape index (κ2) is 12.3. The molecule has 0 aromatic heterocycles. The highest BCUT2D eigenvalue weighted by Gasteiger charge is 2.31. The third-order valence-corrected chi connectivity index (χ3v) is 5.55. The van der Waals surface area contributed by atoms with Crippen LogP contribution in [-0.2, 0) is 14.2 Å². The predicted molar refractivity (Wildman–Crippen MR) is 119 cm³/mol. The largest absolute Gasteiger partial charge is 0.444 e. The SMILES string of the molecule is CN=C(NCC1CCCCN1C(=O)OC(C)(C)C)N1CCC(OCCCOC)CC1. The lowest BCUT2D eigenvalue weighted by atomic mass is 10.0. The lowest BCUT2D eigenvalue weighted by molar-refractivity contribution is 0.00798. The first-order valence-corrected chi connectivity index (χ1v) is 11.4. The number of carbonyl (C=O) groups is 1. The van der Waals surface area contributed by atoms with E-state index in [0.29, 0.717) is 12.6 Å². The number of methoxy groups -OCH3 is 1. The zero-order valence-corrected chi connectivity index (χ0v) is 19.6. The molecule has 0 aliphatic carbocycles. The van der Waals surface area contributed by atoms with E-state index in [0.717, 1.165) is 77.3 Å². The summed E-state index contributed by atoms with van der Waals surface area (Å²) < 4.78 is 16.6. The van der Waals surface area contributed by atoms with Crippen LogP contribution in [0, 0.1) is 0 Å². The fraction of sp³-hybridized carbons (Fsp3) is 0.909. The molecule has 0 aromatic rings. The first kappa shape index (κ1) is 24.7. The number of nitrogens with zero attached hydrogens (tertiary/aromatic N) is 3. The number of ether oxygens (including phenoxy) is 3. The topological polar surface area (TPSA) is 75.6 Å². The third kappa shape index (κ3) is 8.30. The minimum atomic E-state index is -0.474. The van der Waals surface area contributed by atoms with Crippen LogP contribution in [0.2, 0.25) is 0 Å². The number of likely N-dealkylation sites (tertiary alicyclic amines) is 2. The molecule has 0 saturated carbocycles. The van der Waals surface area contributed by atoms with Crippen molar-refractivity contribution in [1.82, 2.24) is 15.1 Å². The van der Waals surface area contributed by atoms with Gasteiger partial charge >= 0.3 is 6.09 Å². The van der Waals surface area contributed by atoms with Crippen LogP contribution >= 0.6 is 0 Å². The third-order valence-electron chi connectivity index (χ3n) is 5.55. The van der Waals surface area contributed by atoms with E-state index in [9.17, 15) is 4.79 Å². The Hall–Kier alpha value is -1.54. The molecule has 0 radical (unpaired) electrons. The Morgan fingerprint density at radius 3 is 2.47 bits per heavy atom. The summed E-state index contributed by atoms with van der Waals surface area (Å²) in [4.78, 5) is 21.3. The first-order chi connectivity index (χ1) is 14.3. The number of carbonyl (C=O) groups excluding carboxylic acids is 1. The van der Waals surface area contributed by atoms with Gasteiger partial charge in [-0.1, -0.05) is 0 Å². The Balaban J connectivity index is 1.79. The molecule has 0 spiro atoms. The molecule has 0 bridgehead atoms. The van der Waals surface area contributed by atoms with Crippen LogP contribution in [0.25, 0.3) is 0 Å². The first-order valence-electron chi connectivity index (χ1n) is 11.4. The predicted octanol–water partition coefficient (Wildman–Crippen LogP) is 2.87. The maximum atomic E-state index is 12.6. The van der Waals surface area contributed by atoms with Crippen LogP contribution in [0.5, 0.6) is 0 Å². The zero-order valence-electron chi connectivity index (χ0n) is 19.6. The molecule has 2 heterocycles. The van der Waals surface area contributed by atoms with E-state index in [2.05, 4.69) is 15.2 Å². The Morgan fingerprint density at radius 2 is 1.83 bits per heavy atom. The zero-order chi connectivity index (χ0) is 22.0. The van der Waals surface area contributed by atoms with Gasteiger partial charge in [0.05, 0.1) is 12.1 Å². The Kier molecular flexibility index (Phi) is 10.2. The van der Waals surface area contributed by atoms with Gasteiger partial charge in [0.1, 0.15) is 5.60 Å². The summed E-state index contributed by atoms with van der Waals surface area (Å²) in [6.07, 6.45) is 6.20. The van der Waals surface area contributed by atoms with Crippen molar-refractivity contribution < 1.29 is 19.0 Å². The summed E-state index contributed by atoms with van der Waals surface area (Å²) in [6.45, 7) is 10.5. The molecule has 2 fully saturated rings. The fourth-order valence-corrected chi connectivity index (χ4v) is 4.00. The number of hydrogen-bond acceptors (Lipinski definition) is 5. The average molecular weight is 427 g/mol. The van der Waals surface area contributed by atoms with Crippen LogP contribution in [0.15, 0.2) is 4.99 Å². The molecule has 1 unspecified atom stereocenters. The molecule has 2 rings (SSSR count). The van der Waals surface area contributed by atoms with Crippen LogP contribution in [0.1, 0.15) is 59.3 Å². The number of nitrogens with one attached hydrogen (secondary N) is 1. The van der Waals surface area contributed by atoms with Crippen molar-refractivity contribution in [3.63, 3.8) is 0 Å². The lowest BCUT2D eigenvalue weighted by Gasteiger charge is -2.38. The van der Waals surface area contributed by atoms with Gasteiger partial charge in [-0.05, 0) is 59.3 Å². The quantitative estimate of drug-likeness (QED) is 0.383. The molecule has 2 aliphatic rings. The van der Waals surface area contributed by atoms with E-state index >= 15 is 0 Å². The van der Waals surface area contributed by atoms with Gasteiger partial charge in [-0.15, -0.1) is 0 Å². The second-order valence-corrected chi connectivity index (χ2v) is 9.16. The molecular weight excluding hydrogens is 384 g/mol. The number of hydrogen-bond donors (Lipinski definition) is 1. The van der Waals surface area contributed by atoms with Gasteiger partial charge < -0.3 is 29.3 Å². The van der Waals surface area contributed by atoms with E-state index < -0.39 is 5.60 Å². The molecule has 8 nitrogen and oxygen atoms in total. The lowest BCUT2D eigenvalue weighted by Crippen LogP contribution is -2.53. The summed E-state index contributed by atoms with van der Waals surface area (Å²) >= 11 is 0. The average Bonchev–Trinajstić information content (AvgIpc) is 2.71. The molecule has 2 saturated heterocycles. The molecule has 1 atom stereocenters. The van der Waals surface area contributed by atoms with Gasteiger partial charge in [0.15, 0.2) is 5.96 Å². The molecule has 30 heavy (non-hydrogen) atoms. The van der Waals surface area contributed by atoms with E-state index in [1.165, 1.54) is 0 Å². The molecular formula is C22H42N4O4. The number of rotatable bonds is 7. The molecule has 2 aliphatic heterocycles. The van der Waals surface area contributed by atoms with Gasteiger partial charge in [-0.2, -0.15) is 0 Å². The van der Waals surface area contributed by atoms with E-state index in [1.54, 1.807) is 7.11 Å². The Morgan fingerprint density at radius 1 is 1.10 bits per heavy atom. The van der Waals surface area contributed by atoms with Crippen LogP contribution in [-0.4, -0.2) is 93.1 Å². The summed E-state index contributed by atoms with van der Waals surface area (Å²) in [5.74, 6) is 0.905. The smallest absolute Gasteiger partial charge is 0.410 e. The highest BCUT2D eigenvalue weighted by atomic mass is 16.6. The standard InChI is InChI=1S/C22H42N4O4/c1-22(2,3)30-21(27)26-12-7-6-9-18(26)17-24-20(23-4)25-13-10-19(11-14-25)29-16-8-15-28-5/h18-19H,6-17H2,1-5H3,(H,23,24). The van der Waals surface area contributed by atoms with Gasteiger partial charge in [-0.3, -0.25) is 4.99 Å². The molecule has 0 aromatic carbocycles. The summed E-state index contributed by atoms with van der Waals surface area (Å²) in [6, 6.07) is 0.131. The Labute approximate surface area is 182 Å². The summed E-state index contributed by atoms with van der Waals surface area (Å²) in [5.41, 5.74) is -0.474. The minimum Gasteiger partial charge on any atom is -0.444 e. The summed E-state index contributed by atoms with van der Waals surface area (Å²) in [5, 5.41) is 3.50. The number of aliphatic imine (C=N–C) groups is 1. The fourth-order valence-electron chi connectivity index (χ4n) is 4.00. The van der Waals surface area contributed by atoms with E-state index in [-0.39, 0.29) is 12.1 Å². The monoisotopic (exact) mass is 426 g/mol. The van der Waals surface area contributed by atoms with E-state index in [1.807, 2.05) is 32.7 Å². The molecule has 1 N–H and O–H groups in total.